The second-order valence-corrected chi connectivity index (χ2v) is 1.34. The Morgan fingerprint density at radius 1 is 0.889 bits per heavy atom. The van der Waals surface area contributed by atoms with Crippen molar-refractivity contribution in [3.8, 4) is 0 Å². The molecule has 6 nitrogen and oxygen atoms in total. The van der Waals surface area contributed by atoms with Crippen molar-refractivity contribution in [1.29, 1.82) is 0 Å². The van der Waals surface area contributed by atoms with Gasteiger partial charge in [0, 0.05) is 0 Å². The molecule has 0 aliphatic heterocycles. The summed E-state index contributed by atoms with van der Waals surface area (Å²) in [4.78, 5) is 0. The molecular weight excluding hydrogens is 238 g/mol. The molecule has 2 N–H and O–H groups in total. The fourth-order valence-corrected chi connectivity index (χ4v) is 0. The summed E-state index contributed by atoms with van der Waals surface area (Å²) in [6.07, 6.45) is 0. The number of rotatable bonds is 0. The van der Waals surface area contributed by atoms with Crippen LogP contribution in [-0.2, 0) is 55.5 Å². The summed E-state index contributed by atoms with van der Waals surface area (Å²) in [6, 6.07) is 0. The average Bonchev–Trinajstić information content (AvgIpc) is 0.722. The van der Waals surface area contributed by atoms with Crippen LogP contribution >= 0.6 is 0 Å². The zero-order chi connectivity index (χ0) is 4.50. The summed E-state index contributed by atoms with van der Waals surface area (Å²) in [6.45, 7) is 0. The van der Waals surface area contributed by atoms with E-state index in [1.807, 2.05) is 0 Å². The number of hydrogen-bond donors (Lipinski definition) is 2. The van der Waals surface area contributed by atoms with Crippen molar-refractivity contribution in [3.63, 3.8) is 0 Å². The number of hydrogen-bond acceptors (Lipinski definition) is 2. The van der Waals surface area contributed by atoms with Crippen LogP contribution in [0.25, 0.3) is 0 Å². The van der Waals surface area contributed by atoms with Crippen LogP contribution in [0, 0.1) is 0 Å². The largest absolute Gasteiger partial charge is 2.00 e. The Labute approximate surface area is 73.2 Å². The van der Waals surface area contributed by atoms with Gasteiger partial charge in [0.15, 0.2) is 0 Å². The molecule has 0 aliphatic rings. The topological polar surface area (TPSA) is 132 Å². The van der Waals surface area contributed by atoms with Crippen molar-refractivity contribution in [1.82, 2.24) is 0 Å². The minimum absolute atomic E-state index is 0. The summed E-state index contributed by atoms with van der Waals surface area (Å²) < 4.78 is 31.6. The molecular formula is H2Mn2O6S. The summed E-state index contributed by atoms with van der Waals surface area (Å²) in [5.41, 5.74) is 0. The van der Waals surface area contributed by atoms with Gasteiger partial charge in [-0.2, -0.15) is 8.42 Å². The van der Waals surface area contributed by atoms with Gasteiger partial charge in [-0.15, -0.1) is 0 Å². The maximum absolute atomic E-state index is 8.74. The molecule has 0 bridgehead atoms. The normalized spacial score (nSPS) is 6.44. The molecule has 0 saturated carbocycles. The first-order valence-electron chi connectivity index (χ1n) is 0.698. The Balaban J connectivity index is -0.0000000133. The Bertz CT molecular complexity index is 94.2. The van der Waals surface area contributed by atoms with E-state index in [0.717, 1.165) is 0 Å². The van der Waals surface area contributed by atoms with Crippen LogP contribution < -0.4 is 0 Å². The summed E-state index contributed by atoms with van der Waals surface area (Å²) >= 11 is 0. The molecule has 9 heavy (non-hydrogen) atoms. The van der Waals surface area contributed by atoms with Gasteiger partial charge in [-0.25, -0.2) is 0 Å². The molecule has 0 rings (SSSR count). The molecule has 0 aromatic heterocycles. The van der Waals surface area contributed by atoms with Crippen molar-refractivity contribution in [2.24, 2.45) is 0 Å². The van der Waals surface area contributed by atoms with Crippen LogP contribution in [0.15, 0.2) is 0 Å². The van der Waals surface area contributed by atoms with E-state index in [-0.39, 0.29) is 45.1 Å². The molecule has 0 amide bonds. The van der Waals surface area contributed by atoms with E-state index in [0.29, 0.717) is 0 Å². The van der Waals surface area contributed by atoms with Crippen molar-refractivity contribution in [2.75, 3.05) is 0 Å². The molecule has 0 aromatic carbocycles. The third kappa shape index (κ3) is 599. The molecule has 58 valence electrons. The second kappa shape index (κ2) is 11.6. The van der Waals surface area contributed by atoms with Crippen LogP contribution in [-0.4, -0.2) is 17.5 Å². The third-order valence-corrected chi connectivity index (χ3v) is 0. The standard InChI is InChI=1S/2Mn.H2O4S.2O/c;;1-5(2,3)4;;/h;;(H2,1,2,3,4);;/q2*+2;;2*-2. The summed E-state index contributed by atoms with van der Waals surface area (Å²) in [7, 11) is -4.67. The van der Waals surface area contributed by atoms with Gasteiger partial charge in [-0.3, -0.25) is 9.11 Å². The Morgan fingerprint density at radius 3 is 0.889 bits per heavy atom. The molecule has 0 atom stereocenters. The summed E-state index contributed by atoms with van der Waals surface area (Å²) in [5, 5.41) is 0. The quantitative estimate of drug-likeness (QED) is 0.419. The minimum Gasteiger partial charge on any atom is -2.00 e. The van der Waals surface area contributed by atoms with Crippen molar-refractivity contribution >= 4 is 10.4 Å². The van der Waals surface area contributed by atoms with Crippen molar-refractivity contribution in [2.45, 2.75) is 0 Å². The van der Waals surface area contributed by atoms with Crippen LogP contribution in [0.3, 0.4) is 0 Å². The Kier molecular flexibility index (Phi) is 42.4. The first-order valence-corrected chi connectivity index (χ1v) is 2.10. The van der Waals surface area contributed by atoms with E-state index in [1.54, 1.807) is 0 Å². The molecule has 9 heteroatoms. The van der Waals surface area contributed by atoms with Crippen molar-refractivity contribution in [3.05, 3.63) is 0 Å². The Morgan fingerprint density at radius 2 is 0.889 bits per heavy atom. The Hall–Kier alpha value is 0.829. The maximum atomic E-state index is 8.74. The van der Waals surface area contributed by atoms with Crippen molar-refractivity contribution < 1.29 is 62.6 Å². The molecule has 0 fully saturated rings. The smallest absolute Gasteiger partial charge is 2.00 e. The zero-order valence-electron chi connectivity index (χ0n) is 3.69. The summed E-state index contributed by atoms with van der Waals surface area (Å²) in [5.74, 6) is 0. The van der Waals surface area contributed by atoms with Crippen LogP contribution in [0.5, 0.6) is 0 Å². The van der Waals surface area contributed by atoms with E-state index in [2.05, 4.69) is 0 Å². The molecule has 0 aliphatic carbocycles. The second-order valence-electron chi connectivity index (χ2n) is 0.448. The predicted molar refractivity (Wildman–Crippen MR) is 15.6 cm³/mol. The van der Waals surface area contributed by atoms with Crippen LogP contribution in [0.1, 0.15) is 0 Å². The zero-order valence-corrected chi connectivity index (χ0v) is 6.87. The first-order chi connectivity index (χ1) is 2.00. The van der Waals surface area contributed by atoms with E-state index in [4.69, 9.17) is 17.5 Å². The van der Waals surface area contributed by atoms with E-state index >= 15 is 0 Å². The fraction of sp³-hybridized carbons (Fsp3) is 0. The molecule has 0 unspecified atom stereocenters. The van der Waals surface area contributed by atoms with Gasteiger partial charge in [0.25, 0.3) is 0 Å². The average molecular weight is 240 g/mol. The predicted octanol–water partition coefficient (Wildman–Crippen LogP) is -0.895. The third-order valence-electron chi connectivity index (χ3n) is 0. The SMILES string of the molecule is O=S(=O)(O)O.[Mn+2].[Mn+2].[O-2].[O-2]. The van der Waals surface area contributed by atoms with Gasteiger partial charge < -0.3 is 11.0 Å². The molecule has 0 aromatic rings. The monoisotopic (exact) mass is 240 g/mol. The maximum Gasteiger partial charge on any atom is 2.00 e. The van der Waals surface area contributed by atoms with Gasteiger partial charge in [-0.05, 0) is 0 Å². The van der Waals surface area contributed by atoms with Gasteiger partial charge in [0.2, 0.25) is 0 Å². The van der Waals surface area contributed by atoms with E-state index < -0.39 is 10.4 Å². The van der Waals surface area contributed by atoms with Crippen LogP contribution in [0.2, 0.25) is 0 Å². The van der Waals surface area contributed by atoms with Gasteiger partial charge >= 0.3 is 44.5 Å². The minimum atomic E-state index is -4.67. The van der Waals surface area contributed by atoms with Gasteiger partial charge in [-0.1, -0.05) is 0 Å². The molecule has 0 saturated heterocycles. The molecule has 0 heterocycles. The van der Waals surface area contributed by atoms with E-state index in [1.165, 1.54) is 0 Å². The van der Waals surface area contributed by atoms with Crippen LogP contribution in [0.4, 0.5) is 0 Å². The molecule has 2 radical (unpaired) electrons. The molecule has 0 spiro atoms. The van der Waals surface area contributed by atoms with E-state index in [9.17, 15) is 0 Å². The first kappa shape index (κ1) is 32.9. The fourth-order valence-electron chi connectivity index (χ4n) is 0. The van der Waals surface area contributed by atoms with Gasteiger partial charge in [0.1, 0.15) is 0 Å². The van der Waals surface area contributed by atoms with Gasteiger partial charge in [0.05, 0.1) is 0 Å².